The fourth-order valence-electron chi connectivity index (χ4n) is 3.33. The Morgan fingerprint density at radius 1 is 1.33 bits per heavy atom. The standard InChI is InChI=1S/C19H26N4OS.2ClH/c1-22(19(24)17-14-25-18(21-17)9-10-20)16-8-5-11-23(13-16)12-15-6-3-2-4-7-15;;/h2-4,6-7,14,16H,5,8-13,20H2,1H3;2*1H. The summed E-state index contributed by atoms with van der Waals surface area (Å²) in [6.07, 6.45) is 2.90. The summed E-state index contributed by atoms with van der Waals surface area (Å²) in [6.45, 7) is 3.51. The maximum Gasteiger partial charge on any atom is 0.273 e. The molecule has 27 heavy (non-hydrogen) atoms. The summed E-state index contributed by atoms with van der Waals surface area (Å²) < 4.78 is 0. The van der Waals surface area contributed by atoms with Crippen LogP contribution in [0.15, 0.2) is 35.7 Å². The zero-order valence-corrected chi connectivity index (χ0v) is 18.0. The number of piperidine rings is 1. The maximum atomic E-state index is 12.7. The second-order valence-electron chi connectivity index (χ2n) is 6.60. The first-order valence-corrected chi connectivity index (χ1v) is 9.73. The van der Waals surface area contributed by atoms with Gasteiger partial charge in [0, 0.05) is 38.0 Å². The van der Waals surface area contributed by atoms with Crippen molar-refractivity contribution in [2.45, 2.75) is 31.8 Å². The lowest BCUT2D eigenvalue weighted by Gasteiger charge is -2.37. The van der Waals surface area contributed by atoms with Gasteiger partial charge in [0.15, 0.2) is 0 Å². The van der Waals surface area contributed by atoms with Gasteiger partial charge in [0.25, 0.3) is 5.91 Å². The predicted octanol–water partition coefficient (Wildman–Crippen LogP) is 3.22. The zero-order chi connectivity index (χ0) is 17.6. The van der Waals surface area contributed by atoms with Crippen molar-refractivity contribution in [2.24, 2.45) is 5.73 Å². The number of aromatic nitrogens is 1. The topological polar surface area (TPSA) is 62.5 Å². The normalized spacial score (nSPS) is 16.9. The van der Waals surface area contributed by atoms with Crippen molar-refractivity contribution < 1.29 is 4.79 Å². The van der Waals surface area contributed by atoms with Gasteiger partial charge >= 0.3 is 0 Å². The number of halogens is 2. The summed E-state index contributed by atoms with van der Waals surface area (Å²) in [4.78, 5) is 21.5. The molecule has 2 aromatic rings. The molecule has 1 saturated heterocycles. The van der Waals surface area contributed by atoms with Crippen LogP contribution in [0.3, 0.4) is 0 Å². The van der Waals surface area contributed by atoms with E-state index >= 15 is 0 Å². The Kier molecular flexibility index (Phi) is 10.3. The SMILES string of the molecule is CN(C(=O)c1csc(CCN)n1)C1CCCN(Cc2ccccc2)C1.Cl.Cl. The van der Waals surface area contributed by atoms with Gasteiger partial charge in [-0.2, -0.15) is 0 Å². The smallest absolute Gasteiger partial charge is 0.273 e. The molecule has 2 heterocycles. The molecule has 1 aliphatic heterocycles. The van der Waals surface area contributed by atoms with Gasteiger partial charge in [0.05, 0.1) is 5.01 Å². The van der Waals surface area contributed by atoms with Crippen LogP contribution in [0.25, 0.3) is 0 Å². The Morgan fingerprint density at radius 3 is 2.78 bits per heavy atom. The average molecular weight is 431 g/mol. The lowest BCUT2D eigenvalue weighted by atomic mass is 10.0. The number of thiazole rings is 1. The van der Waals surface area contributed by atoms with E-state index in [2.05, 4.69) is 34.1 Å². The minimum Gasteiger partial charge on any atom is -0.336 e. The van der Waals surface area contributed by atoms with Crippen molar-refractivity contribution in [1.82, 2.24) is 14.8 Å². The van der Waals surface area contributed by atoms with E-state index in [0.29, 0.717) is 12.2 Å². The largest absolute Gasteiger partial charge is 0.336 e. The molecule has 1 fully saturated rings. The Morgan fingerprint density at radius 2 is 2.07 bits per heavy atom. The van der Waals surface area contributed by atoms with Gasteiger partial charge in [-0.25, -0.2) is 4.98 Å². The van der Waals surface area contributed by atoms with Crippen LogP contribution < -0.4 is 5.73 Å². The predicted molar refractivity (Wildman–Crippen MR) is 116 cm³/mol. The Balaban J connectivity index is 0.00000182. The van der Waals surface area contributed by atoms with Crippen LogP contribution in [0.5, 0.6) is 0 Å². The van der Waals surface area contributed by atoms with Gasteiger partial charge in [0.2, 0.25) is 0 Å². The molecule has 0 saturated carbocycles. The van der Waals surface area contributed by atoms with Crippen molar-refractivity contribution >= 4 is 42.1 Å². The van der Waals surface area contributed by atoms with Crippen LogP contribution >= 0.6 is 36.2 Å². The van der Waals surface area contributed by atoms with Crippen molar-refractivity contribution in [3.8, 4) is 0 Å². The van der Waals surface area contributed by atoms with Crippen molar-refractivity contribution in [3.05, 3.63) is 52.0 Å². The molecule has 0 aliphatic carbocycles. The minimum absolute atomic E-state index is 0. The van der Waals surface area contributed by atoms with Crippen molar-refractivity contribution in [1.29, 1.82) is 0 Å². The number of amides is 1. The van der Waals surface area contributed by atoms with Crippen molar-refractivity contribution in [3.63, 3.8) is 0 Å². The summed E-state index contributed by atoms with van der Waals surface area (Å²) in [5.74, 6) is 0.0195. The van der Waals surface area contributed by atoms with Gasteiger partial charge in [0.1, 0.15) is 5.69 Å². The lowest BCUT2D eigenvalue weighted by molar-refractivity contribution is 0.0604. The third-order valence-corrected chi connectivity index (χ3v) is 5.64. The van der Waals surface area contributed by atoms with E-state index in [1.54, 1.807) is 0 Å². The summed E-state index contributed by atoms with van der Waals surface area (Å²) >= 11 is 1.52. The minimum atomic E-state index is 0. The second kappa shape index (κ2) is 11.6. The van der Waals surface area contributed by atoms with Crippen LogP contribution in [-0.4, -0.2) is 53.4 Å². The Bertz CT molecular complexity index is 698. The monoisotopic (exact) mass is 430 g/mol. The number of benzene rings is 1. The second-order valence-corrected chi connectivity index (χ2v) is 7.54. The van der Waals surface area contributed by atoms with Gasteiger partial charge in [-0.15, -0.1) is 36.2 Å². The molecule has 1 atom stereocenters. The number of likely N-dealkylation sites (tertiary alicyclic amines) is 1. The van der Waals surface area contributed by atoms with E-state index in [9.17, 15) is 4.79 Å². The fraction of sp³-hybridized carbons (Fsp3) is 0.474. The van der Waals surface area contributed by atoms with Gasteiger partial charge in [-0.3, -0.25) is 9.69 Å². The van der Waals surface area contributed by atoms with Crippen LogP contribution in [0.4, 0.5) is 0 Å². The van der Waals surface area contributed by atoms with Gasteiger partial charge < -0.3 is 10.6 Å². The molecule has 5 nitrogen and oxygen atoms in total. The molecule has 150 valence electrons. The molecule has 3 rings (SSSR count). The summed E-state index contributed by atoms with van der Waals surface area (Å²) in [7, 11) is 1.90. The number of nitrogens with two attached hydrogens (primary N) is 1. The van der Waals surface area contributed by atoms with E-state index in [-0.39, 0.29) is 36.8 Å². The number of carbonyl (C=O) groups excluding carboxylic acids is 1. The number of nitrogens with zero attached hydrogens (tertiary/aromatic N) is 3. The third kappa shape index (κ3) is 6.43. The summed E-state index contributed by atoms with van der Waals surface area (Å²) in [5, 5.41) is 2.79. The van der Waals surface area contributed by atoms with E-state index in [1.807, 2.05) is 23.4 Å². The third-order valence-electron chi connectivity index (χ3n) is 4.73. The highest BCUT2D eigenvalue weighted by Crippen LogP contribution is 2.20. The van der Waals surface area contributed by atoms with Gasteiger partial charge in [-0.05, 0) is 31.5 Å². The van der Waals surface area contributed by atoms with E-state index in [0.717, 1.165) is 43.9 Å². The molecule has 0 radical (unpaired) electrons. The maximum absolute atomic E-state index is 12.7. The van der Waals surface area contributed by atoms with Crippen molar-refractivity contribution in [2.75, 3.05) is 26.7 Å². The first kappa shape index (κ1) is 23.9. The molecular weight excluding hydrogens is 403 g/mol. The number of carbonyl (C=O) groups is 1. The highest BCUT2D eigenvalue weighted by molar-refractivity contribution is 7.09. The number of hydrogen-bond donors (Lipinski definition) is 1. The molecule has 1 aliphatic rings. The van der Waals surface area contributed by atoms with E-state index < -0.39 is 0 Å². The Labute approximate surface area is 177 Å². The average Bonchev–Trinajstić information content (AvgIpc) is 3.10. The highest BCUT2D eigenvalue weighted by Gasteiger charge is 2.27. The van der Waals surface area contributed by atoms with E-state index in [1.165, 1.54) is 16.9 Å². The number of rotatable bonds is 6. The first-order valence-electron chi connectivity index (χ1n) is 8.85. The summed E-state index contributed by atoms with van der Waals surface area (Å²) in [5.41, 5.74) is 7.44. The number of likely N-dealkylation sites (N-methyl/N-ethyl adjacent to an activating group) is 1. The molecular formula is C19H28Cl2N4OS. The molecule has 1 amide bonds. The molecule has 1 unspecified atom stereocenters. The molecule has 1 aromatic carbocycles. The van der Waals surface area contributed by atoms with Crippen LogP contribution in [0, 0.1) is 0 Å². The van der Waals surface area contributed by atoms with Crippen LogP contribution in [0.1, 0.15) is 33.9 Å². The number of hydrogen-bond acceptors (Lipinski definition) is 5. The zero-order valence-electron chi connectivity index (χ0n) is 15.5. The summed E-state index contributed by atoms with van der Waals surface area (Å²) in [6, 6.07) is 10.8. The quantitative estimate of drug-likeness (QED) is 0.763. The van der Waals surface area contributed by atoms with Crippen LogP contribution in [0.2, 0.25) is 0 Å². The molecule has 2 N–H and O–H groups in total. The molecule has 8 heteroatoms. The molecule has 1 aromatic heterocycles. The van der Waals surface area contributed by atoms with E-state index in [4.69, 9.17) is 5.73 Å². The Hall–Kier alpha value is -1.18. The fourth-order valence-corrected chi connectivity index (χ4v) is 4.11. The first-order chi connectivity index (χ1) is 12.2. The van der Waals surface area contributed by atoms with Gasteiger partial charge in [-0.1, -0.05) is 30.3 Å². The molecule has 0 bridgehead atoms. The highest BCUT2D eigenvalue weighted by atomic mass is 35.5. The molecule has 0 spiro atoms. The lowest BCUT2D eigenvalue weighted by Crippen LogP contribution is -2.48. The van der Waals surface area contributed by atoms with Crippen LogP contribution in [-0.2, 0) is 13.0 Å².